The Bertz CT molecular complexity index is 772. The number of aryl methyl sites for hydroxylation is 1. The summed E-state index contributed by atoms with van der Waals surface area (Å²) in [6.07, 6.45) is 0. The van der Waals surface area contributed by atoms with E-state index in [9.17, 15) is 4.79 Å². The molecular weight excluding hydrogens is 338 g/mol. The highest BCUT2D eigenvalue weighted by atomic mass is 16.5. The van der Waals surface area contributed by atoms with Crippen LogP contribution in [0.15, 0.2) is 42.5 Å². The molecule has 0 aliphatic heterocycles. The van der Waals surface area contributed by atoms with E-state index in [1.165, 1.54) is 0 Å². The first-order chi connectivity index (χ1) is 12.8. The summed E-state index contributed by atoms with van der Waals surface area (Å²) in [7, 11) is 5.66. The van der Waals surface area contributed by atoms with Gasteiger partial charge in [0, 0.05) is 12.2 Å². The second kappa shape index (κ2) is 9.42. The van der Waals surface area contributed by atoms with Gasteiger partial charge >= 0.3 is 6.03 Å². The van der Waals surface area contributed by atoms with Gasteiger partial charge in [0.25, 0.3) is 0 Å². The van der Waals surface area contributed by atoms with Crippen molar-refractivity contribution in [1.82, 2.24) is 10.2 Å². The number of anilines is 1. The van der Waals surface area contributed by atoms with Crippen molar-refractivity contribution in [3.63, 3.8) is 0 Å². The molecule has 1 unspecified atom stereocenters. The second-order valence-corrected chi connectivity index (χ2v) is 7.28. The third kappa shape index (κ3) is 5.47. The molecule has 0 fully saturated rings. The van der Waals surface area contributed by atoms with E-state index in [-0.39, 0.29) is 12.1 Å². The first kappa shape index (κ1) is 20.8. The standard InChI is InChI=1S/C22H31N3O2/c1-15(2)19-12-7-9-16(3)21(19)24-22(26)23-14-20(25(4)5)17-10-8-11-18(13-17)27-6/h7-13,15,20H,14H2,1-6H3,(H2,23,24,26). The summed E-state index contributed by atoms with van der Waals surface area (Å²) in [5.41, 5.74) is 4.20. The Labute approximate surface area is 162 Å². The van der Waals surface area contributed by atoms with Crippen LogP contribution in [-0.2, 0) is 0 Å². The van der Waals surface area contributed by atoms with Crippen molar-refractivity contribution in [3.05, 3.63) is 59.2 Å². The van der Waals surface area contributed by atoms with Crippen LogP contribution in [-0.4, -0.2) is 38.7 Å². The summed E-state index contributed by atoms with van der Waals surface area (Å²) in [4.78, 5) is 14.6. The quantitative estimate of drug-likeness (QED) is 0.753. The normalized spacial score (nSPS) is 12.1. The van der Waals surface area contributed by atoms with E-state index < -0.39 is 0 Å². The molecule has 5 heteroatoms. The second-order valence-electron chi connectivity index (χ2n) is 7.28. The molecule has 0 aliphatic carbocycles. The van der Waals surface area contributed by atoms with Crippen LogP contribution in [0.3, 0.4) is 0 Å². The minimum atomic E-state index is -0.194. The van der Waals surface area contributed by atoms with Gasteiger partial charge in [0.1, 0.15) is 5.75 Å². The highest BCUT2D eigenvalue weighted by Crippen LogP contribution is 2.27. The first-order valence-electron chi connectivity index (χ1n) is 9.28. The minimum absolute atomic E-state index is 0.0484. The number of likely N-dealkylation sites (N-methyl/N-ethyl adjacent to an activating group) is 1. The Kier molecular flexibility index (Phi) is 7.25. The van der Waals surface area contributed by atoms with Gasteiger partial charge in [-0.05, 0) is 55.8 Å². The van der Waals surface area contributed by atoms with Crippen molar-refractivity contribution in [2.24, 2.45) is 0 Å². The maximum Gasteiger partial charge on any atom is 0.319 e. The molecule has 0 heterocycles. The number of para-hydroxylation sites is 1. The van der Waals surface area contributed by atoms with Crippen molar-refractivity contribution in [1.29, 1.82) is 0 Å². The van der Waals surface area contributed by atoms with Crippen LogP contribution in [0.2, 0.25) is 0 Å². The molecule has 0 radical (unpaired) electrons. The van der Waals surface area contributed by atoms with E-state index in [0.717, 1.165) is 28.1 Å². The van der Waals surface area contributed by atoms with Gasteiger partial charge in [-0.2, -0.15) is 0 Å². The molecule has 0 aromatic heterocycles. The zero-order chi connectivity index (χ0) is 20.0. The number of methoxy groups -OCH3 is 1. The predicted molar refractivity (Wildman–Crippen MR) is 112 cm³/mol. The zero-order valence-electron chi connectivity index (χ0n) is 17.2. The number of rotatable bonds is 7. The fourth-order valence-electron chi connectivity index (χ4n) is 3.14. The van der Waals surface area contributed by atoms with Gasteiger partial charge in [-0.1, -0.05) is 44.2 Å². The summed E-state index contributed by atoms with van der Waals surface area (Å²) >= 11 is 0. The Balaban J connectivity index is 2.09. The molecule has 0 spiro atoms. The van der Waals surface area contributed by atoms with Crippen molar-refractivity contribution >= 4 is 11.7 Å². The van der Waals surface area contributed by atoms with Crippen molar-refractivity contribution < 1.29 is 9.53 Å². The molecule has 146 valence electrons. The highest BCUT2D eigenvalue weighted by molar-refractivity contribution is 5.91. The van der Waals surface area contributed by atoms with E-state index in [1.54, 1.807) is 7.11 Å². The maximum atomic E-state index is 12.6. The molecule has 2 N–H and O–H groups in total. The number of carbonyl (C=O) groups excluding carboxylic acids is 1. The number of ether oxygens (including phenoxy) is 1. The smallest absolute Gasteiger partial charge is 0.319 e. The predicted octanol–water partition coefficient (Wildman–Crippen LogP) is 4.55. The van der Waals surface area contributed by atoms with Crippen LogP contribution in [0.4, 0.5) is 10.5 Å². The fourth-order valence-corrected chi connectivity index (χ4v) is 3.14. The molecule has 2 aromatic rings. The van der Waals surface area contributed by atoms with Gasteiger partial charge in [0.05, 0.1) is 13.2 Å². The topological polar surface area (TPSA) is 53.6 Å². The first-order valence-corrected chi connectivity index (χ1v) is 9.28. The summed E-state index contributed by atoms with van der Waals surface area (Å²) in [6, 6.07) is 13.9. The summed E-state index contributed by atoms with van der Waals surface area (Å²) in [5, 5.41) is 6.04. The van der Waals surface area contributed by atoms with Crippen LogP contribution in [0.25, 0.3) is 0 Å². The van der Waals surface area contributed by atoms with E-state index >= 15 is 0 Å². The van der Waals surface area contributed by atoms with Gasteiger partial charge in [-0.25, -0.2) is 4.79 Å². The largest absolute Gasteiger partial charge is 0.497 e. The third-order valence-electron chi connectivity index (χ3n) is 4.72. The molecule has 2 amide bonds. The molecule has 2 rings (SSSR count). The summed E-state index contributed by atoms with van der Waals surface area (Å²) in [6.45, 7) is 6.76. The third-order valence-corrected chi connectivity index (χ3v) is 4.72. The summed E-state index contributed by atoms with van der Waals surface area (Å²) < 4.78 is 5.32. The lowest BCUT2D eigenvalue weighted by molar-refractivity contribution is 0.243. The molecule has 0 saturated carbocycles. The van der Waals surface area contributed by atoms with Gasteiger partial charge in [0.15, 0.2) is 0 Å². The average molecular weight is 370 g/mol. The number of hydrogen-bond donors (Lipinski definition) is 2. The number of hydrogen-bond acceptors (Lipinski definition) is 3. The van der Waals surface area contributed by atoms with Crippen molar-refractivity contribution in [3.8, 4) is 5.75 Å². The lowest BCUT2D eigenvalue weighted by atomic mass is 9.98. The lowest BCUT2D eigenvalue weighted by Gasteiger charge is -2.26. The zero-order valence-corrected chi connectivity index (χ0v) is 17.2. The van der Waals surface area contributed by atoms with Crippen LogP contribution < -0.4 is 15.4 Å². The van der Waals surface area contributed by atoms with E-state index in [1.807, 2.05) is 57.4 Å². The number of amides is 2. The number of nitrogens with one attached hydrogen (secondary N) is 2. The molecule has 2 aromatic carbocycles. The lowest BCUT2D eigenvalue weighted by Crippen LogP contribution is -2.37. The maximum absolute atomic E-state index is 12.6. The molecule has 0 bridgehead atoms. The Morgan fingerprint density at radius 2 is 1.85 bits per heavy atom. The monoisotopic (exact) mass is 369 g/mol. The van der Waals surface area contributed by atoms with Crippen LogP contribution >= 0.6 is 0 Å². The van der Waals surface area contributed by atoms with Crippen LogP contribution in [0.1, 0.15) is 42.5 Å². The summed E-state index contributed by atoms with van der Waals surface area (Å²) in [5.74, 6) is 1.15. The van der Waals surface area contributed by atoms with Gasteiger partial charge < -0.3 is 20.3 Å². The fraction of sp³-hybridized carbons (Fsp3) is 0.409. The molecule has 5 nitrogen and oxygen atoms in total. The average Bonchev–Trinajstić information content (AvgIpc) is 2.63. The van der Waals surface area contributed by atoms with E-state index in [0.29, 0.717) is 12.5 Å². The Morgan fingerprint density at radius 3 is 2.48 bits per heavy atom. The number of carbonyl (C=O) groups is 1. The molecule has 1 atom stereocenters. The Morgan fingerprint density at radius 1 is 1.15 bits per heavy atom. The minimum Gasteiger partial charge on any atom is -0.497 e. The number of nitrogens with zero attached hydrogens (tertiary/aromatic N) is 1. The van der Waals surface area contributed by atoms with Gasteiger partial charge in [-0.3, -0.25) is 0 Å². The molecular formula is C22H31N3O2. The van der Waals surface area contributed by atoms with Gasteiger partial charge in [0.2, 0.25) is 0 Å². The Hall–Kier alpha value is -2.53. The van der Waals surface area contributed by atoms with E-state index in [2.05, 4.69) is 35.4 Å². The highest BCUT2D eigenvalue weighted by Gasteiger charge is 2.17. The molecule has 0 saturated heterocycles. The van der Waals surface area contributed by atoms with Gasteiger partial charge in [-0.15, -0.1) is 0 Å². The van der Waals surface area contributed by atoms with E-state index in [4.69, 9.17) is 4.74 Å². The number of urea groups is 1. The number of benzene rings is 2. The van der Waals surface area contributed by atoms with Crippen LogP contribution in [0, 0.1) is 6.92 Å². The molecule has 27 heavy (non-hydrogen) atoms. The van der Waals surface area contributed by atoms with Crippen LogP contribution in [0.5, 0.6) is 5.75 Å². The SMILES string of the molecule is COc1cccc(C(CNC(=O)Nc2c(C)cccc2C(C)C)N(C)C)c1. The molecule has 0 aliphatic rings. The van der Waals surface area contributed by atoms with Crippen molar-refractivity contribution in [2.45, 2.75) is 32.7 Å². The van der Waals surface area contributed by atoms with Crippen molar-refractivity contribution in [2.75, 3.05) is 33.1 Å².